The highest BCUT2D eigenvalue weighted by Gasteiger charge is 2.10. The van der Waals surface area contributed by atoms with E-state index in [-0.39, 0.29) is 5.56 Å². The van der Waals surface area contributed by atoms with E-state index in [0.717, 1.165) is 23.5 Å². The van der Waals surface area contributed by atoms with Crippen LogP contribution in [0.1, 0.15) is 16.1 Å². The number of rotatable bonds is 5. The Hall–Kier alpha value is -3.28. The minimum atomic E-state index is -1.05. The number of hydrogen-bond donors (Lipinski definition) is 2. The number of anilines is 2. The summed E-state index contributed by atoms with van der Waals surface area (Å²) in [6, 6.07) is 15.8. The van der Waals surface area contributed by atoms with Crippen LogP contribution in [0.15, 0.2) is 66.9 Å². The van der Waals surface area contributed by atoms with Crippen LogP contribution in [0, 0.1) is 11.6 Å². The van der Waals surface area contributed by atoms with E-state index in [1.807, 2.05) is 30.3 Å². The maximum Gasteiger partial charge on any atom is 0.255 e. The molecule has 2 N–H and O–H groups in total. The Balaban J connectivity index is 1.60. The fraction of sp³-hybridized carbons (Fsp3) is 0.0526. The van der Waals surface area contributed by atoms with E-state index in [1.165, 1.54) is 6.07 Å². The lowest BCUT2D eigenvalue weighted by Gasteiger charge is -2.09. The van der Waals surface area contributed by atoms with E-state index in [2.05, 4.69) is 15.6 Å². The summed E-state index contributed by atoms with van der Waals surface area (Å²) < 4.78 is 26.1. The molecule has 0 fully saturated rings. The lowest BCUT2D eigenvalue weighted by molar-refractivity contribution is 0.102. The van der Waals surface area contributed by atoms with Crippen molar-refractivity contribution in [2.75, 3.05) is 10.6 Å². The number of aromatic nitrogens is 1. The van der Waals surface area contributed by atoms with Gasteiger partial charge in [0.25, 0.3) is 5.91 Å². The molecule has 126 valence electrons. The molecule has 0 aliphatic heterocycles. The number of nitrogens with zero attached hydrogens (tertiary/aromatic N) is 1. The summed E-state index contributed by atoms with van der Waals surface area (Å²) in [5, 5.41) is 5.86. The van der Waals surface area contributed by atoms with Crippen molar-refractivity contribution in [3.63, 3.8) is 0 Å². The molecule has 1 amide bonds. The van der Waals surface area contributed by atoms with E-state index in [0.29, 0.717) is 12.2 Å². The topological polar surface area (TPSA) is 54.0 Å². The molecule has 0 bridgehead atoms. The molecular formula is C19H15F2N3O. The van der Waals surface area contributed by atoms with E-state index in [9.17, 15) is 13.6 Å². The summed E-state index contributed by atoms with van der Waals surface area (Å²) in [7, 11) is 0. The Morgan fingerprint density at radius 1 is 0.920 bits per heavy atom. The van der Waals surface area contributed by atoms with Crippen molar-refractivity contribution in [2.45, 2.75) is 6.54 Å². The first-order chi connectivity index (χ1) is 12.1. The smallest absolute Gasteiger partial charge is 0.255 e. The Kier molecular flexibility index (Phi) is 4.99. The molecule has 1 aromatic heterocycles. The fourth-order valence-corrected chi connectivity index (χ4v) is 2.21. The molecule has 25 heavy (non-hydrogen) atoms. The molecule has 3 aromatic rings. The monoisotopic (exact) mass is 339 g/mol. The van der Waals surface area contributed by atoms with Crippen molar-refractivity contribution in [1.29, 1.82) is 0 Å². The average Bonchev–Trinajstić information content (AvgIpc) is 2.64. The van der Waals surface area contributed by atoms with Crippen LogP contribution >= 0.6 is 0 Å². The van der Waals surface area contributed by atoms with Gasteiger partial charge in [0.1, 0.15) is 0 Å². The van der Waals surface area contributed by atoms with Crippen molar-refractivity contribution in [1.82, 2.24) is 4.98 Å². The number of pyridine rings is 1. The zero-order chi connectivity index (χ0) is 17.6. The van der Waals surface area contributed by atoms with Crippen LogP contribution in [0.25, 0.3) is 0 Å². The molecule has 0 spiro atoms. The van der Waals surface area contributed by atoms with Gasteiger partial charge in [-0.05, 0) is 54.6 Å². The normalized spacial score (nSPS) is 10.3. The summed E-state index contributed by atoms with van der Waals surface area (Å²) >= 11 is 0. The third kappa shape index (κ3) is 4.38. The largest absolute Gasteiger partial charge is 0.379 e. The summed E-state index contributed by atoms with van der Waals surface area (Å²) in [4.78, 5) is 16.3. The molecule has 3 rings (SSSR count). The second-order valence-electron chi connectivity index (χ2n) is 5.33. The molecule has 0 radical (unpaired) electrons. The van der Waals surface area contributed by atoms with Gasteiger partial charge in [-0.25, -0.2) is 8.78 Å². The summed E-state index contributed by atoms with van der Waals surface area (Å²) in [5.74, 6) is -2.55. The summed E-state index contributed by atoms with van der Waals surface area (Å²) in [6.45, 7) is 0.585. The van der Waals surface area contributed by atoms with Crippen LogP contribution < -0.4 is 10.6 Å². The molecule has 0 aliphatic carbocycles. The van der Waals surface area contributed by atoms with Crippen molar-refractivity contribution < 1.29 is 13.6 Å². The SMILES string of the molecule is O=C(Nc1ccc(NCc2ccccn2)cc1)c1ccc(F)c(F)c1. The van der Waals surface area contributed by atoms with Gasteiger partial charge in [-0.1, -0.05) is 6.07 Å². The van der Waals surface area contributed by atoms with Crippen molar-refractivity contribution in [3.8, 4) is 0 Å². The number of amides is 1. The molecule has 0 saturated heterocycles. The van der Waals surface area contributed by atoms with E-state index < -0.39 is 17.5 Å². The molecular weight excluding hydrogens is 324 g/mol. The third-order valence-corrected chi connectivity index (χ3v) is 3.52. The molecule has 0 atom stereocenters. The van der Waals surface area contributed by atoms with Crippen LogP contribution in [-0.2, 0) is 6.54 Å². The standard InChI is InChI=1S/C19H15F2N3O/c20-17-9-4-13(11-18(17)21)19(25)24-15-7-5-14(6-8-15)23-12-16-3-1-2-10-22-16/h1-11,23H,12H2,(H,24,25). The number of nitrogens with one attached hydrogen (secondary N) is 2. The fourth-order valence-electron chi connectivity index (χ4n) is 2.21. The third-order valence-electron chi connectivity index (χ3n) is 3.52. The highest BCUT2D eigenvalue weighted by Crippen LogP contribution is 2.16. The quantitative estimate of drug-likeness (QED) is 0.732. The predicted octanol–water partition coefficient (Wildman–Crippen LogP) is 4.22. The minimum absolute atomic E-state index is 0.0521. The maximum absolute atomic E-state index is 13.2. The first kappa shape index (κ1) is 16.6. The molecule has 6 heteroatoms. The van der Waals surface area contributed by atoms with Crippen molar-refractivity contribution >= 4 is 17.3 Å². The highest BCUT2D eigenvalue weighted by atomic mass is 19.2. The van der Waals surface area contributed by atoms with Crippen LogP contribution in [0.2, 0.25) is 0 Å². The van der Waals surface area contributed by atoms with Crippen molar-refractivity contribution in [2.24, 2.45) is 0 Å². The van der Waals surface area contributed by atoms with Gasteiger partial charge in [0.15, 0.2) is 11.6 Å². The Morgan fingerprint density at radius 3 is 2.36 bits per heavy atom. The summed E-state index contributed by atoms with van der Waals surface area (Å²) in [5.41, 5.74) is 2.39. The zero-order valence-electron chi connectivity index (χ0n) is 13.2. The predicted molar refractivity (Wildman–Crippen MR) is 92.3 cm³/mol. The van der Waals surface area contributed by atoms with E-state index in [1.54, 1.807) is 18.3 Å². The first-order valence-electron chi connectivity index (χ1n) is 7.62. The number of halogens is 2. The van der Waals surface area contributed by atoms with E-state index in [4.69, 9.17) is 0 Å². The van der Waals surface area contributed by atoms with Gasteiger partial charge in [-0.3, -0.25) is 9.78 Å². The second-order valence-corrected chi connectivity index (χ2v) is 5.33. The molecule has 0 unspecified atom stereocenters. The summed E-state index contributed by atoms with van der Waals surface area (Å²) in [6.07, 6.45) is 1.73. The van der Waals surface area contributed by atoms with Crippen LogP contribution in [0.5, 0.6) is 0 Å². The second kappa shape index (κ2) is 7.53. The first-order valence-corrected chi connectivity index (χ1v) is 7.62. The van der Waals surface area contributed by atoms with Crippen LogP contribution in [-0.4, -0.2) is 10.9 Å². The van der Waals surface area contributed by atoms with Crippen LogP contribution in [0.3, 0.4) is 0 Å². The lowest BCUT2D eigenvalue weighted by atomic mass is 10.2. The van der Waals surface area contributed by atoms with Gasteiger partial charge in [0.2, 0.25) is 0 Å². The van der Waals surface area contributed by atoms with Gasteiger partial charge < -0.3 is 10.6 Å². The van der Waals surface area contributed by atoms with Gasteiger partial charge in [-0.2, -0.15) is 0 Å². The maximum atomic E-state index is 13.2. The van der Waals surface area contributed by atoms with Gasteiger partial charge >= 0.3 is 0 Å². The van der Waals surface area contributed by atoms with Gasteiger partial charge in [-0.15, -0.1) is 0 Å². The Bertz CT molecular complexity index is 868. The molecule has 1 heterocycles. The number of carbonyl (C=O) groups is 1. The lowest BCUT2D eigenvalue weighted by Crippen LogP contribution is -2.12. The number of benzene rings is 2. The highest BCUT2D eigenvalue weighted by molar-refractivity contribution is 6.04. The number of carbonyl (C=O) groups excluding carboxylic acids is 1. The van der Waals surface area contributed by atoms with E-state index >= 15 is 0 Å². The minimum Gasteiger partial charge on any atom is -0.379 e. The molecule has 2 aromatic carbocycles. The number of hydrogen-bond acceptors (Lipinski definition) is 3. The average molecular weight is 339 g/mol. The Labute approximate surface area is 143 Å². The molecule has 4 nitrogen and oxygen atoms in total. The van der Waals surface area contributed by atoms with Gasteiger partial charge in [0.05, 0.1) is 12.2 Å². The van der Waals surface area contributed by atoms with Gasteiger partial charge in [0, 0.05) is 23.1 Å². The zero-order valence-corrected chi connectivity index (χ0v) is 13.2. The Morgan fingerprint density at radius 2 is 1.68 bits per heavy atom. The van der Waals surface area contributed by atoms with Crippen LogP contribution in [0.4, 0.5) is 20.2 Å². The molecule has 0 aliphatic rings. The van der Waals surface area contributed by atoms with Crippen molar-refractivity contribution in [3.05, 3.63) is 89.8 Å². The molecule has 0 saturated carbocycles.